The molecule has 1 N–H and O–H groups in total. The highest BCUT2D eigenvalue weighted by atomic mass is 16.5. The first kappa shape index (κ1) is 21.6. The number of rotatable bonds is 7. The van der Waals surface area contributed by atoms with Gasteiger partial charge in [0, 0.05) is 61.6 Å². The monoisotopic (exact) mass is 425 g/mol. The highest BCUT2D eigenvalue weighted by molar-refractivity contribution is 6.06. The van der Waals surface area contributed by atoms with Crippen molar-refractivity contribution in [2.24, 2.45) is 0 Å². The highest BCUT2D eigenvalue weighted by Crippen LogP contribution is 2.50. The molecule has 0 fully saturated rings. The molecule has 166 valence electrons. The SMILES string of the molecule is CCOc1cc(C2C3=C(CCCC3=O)N(CCCOC)C3=C2C(=O)CCC3)ccc1O. The van der Waals surface area contributed by atoms with Gasteiger partial charge < -0.3 is 19.5 Å². The minimum absolute atomic E-state index is 0.0657. The third-order valence-electron chi connectivity index (χ3n) is 6.43. The summed E-state index contributed by atoms with van der Waals surface area (Å²) < 4.78 is 10.9. The van der Waals surface area contributed by atoms with E-state index in [-0.39, 0.29) is 23.2 Å². The van der Waals surface area contributed by atoms with E-state index in [4.69, 9.17) is 9.47 Å². The van der Waals surface area contributed by atoms with Crippen LogP contribution in [0.1, 0.15) is 63.4 Å². The molecule has 1 aromatic carbocycles. The molecule has 0 saturated carbocycles. The van der Waals surface area contributed by atoms with Crippen LogP contribution in [-0.4, -0.2) is 48.4 Å². The molecule has 2 aliphatic carbocycles. The number of carbonyl (C=O) groups excluding carboxylic acids is 2. The molecule has 0 amide bonds. The largest absolute Gasteiger partial charge is 0.504 e. The summed E-state index contributed by atoms with van der Waals surface area (Å²) in [6.07, 6.45) is 5.20. The van der Waals surface area contributed by atoms with E-state index in [1.807, 2.05) is 13.0 Å². The lowest BCUT2D eigenvalue weighted by Gasteiger charge is -2.44. The first-order chi connectivity index (χ1) is 15.1. The first-order valence-corrected chi connectivity index (χ1v) is 11.3. The number of carbonyl (C=O) groups is 2. The number of methoxy groups -OCH3 is 1. The summed E-state index contributed by atoms with van der Waals surface area (Å²) >= 11 is 0. The molecular formula is C25H31NO5. The number of phenolic OH excluding ortho intramolecular Hbond substituents is 1. The van der Waals surface area contributed by atoms with Crippen LogP contribution in [0.15, 0.2) is 40.7 Å². The predicted molar refractivity (Wildman–Crippen MR) is 117 cm³/mol. The number of ketones is 2. The Labute approximate surface area is 183 Å². The van der Waals surface area contributed by atoms with E-state index >= 15 is 0 Å². The number of ether oxygens (including phenoxy) is 2. The number of nitrogens with zero attached hydrogens (tertiary/aromatic N) is 1. The lowest BCUT2D eigenvalue weighted by molar-refractivity contribution is -0.117. The van der Waals surface area contributed by atoms with Crippen LogP contribution in [0, 0.1) is 0 Å². The quantitative estimate of drug-likeness (QED) is 0.659. The Kier molecular flexibility index (Phi) is 6.46. The molecular weight excluding hydrogens is 394 g/mol. The number of Topliss-reactive ketones (excluding diaryl/α,β-unsaturated/α-hetero) is 2. The lowest BCUT2D eigenvalue weighted by atomic mass is 9.71. The molecule has 1 aliphatic heterocycles. The highest BCUT2D eigenvalue weighted by Gasteiger charge is 2.43. The van der Waals surface area contributed by atoms with E-state index < -0.39 is 0 Å². The molecule has 6 nitrogen and oxygen atoms in total. The van der Waals surface area contributed by atoms with Crippen molar-refractivity contribution >= 4 is 11.6 Å². The van der Waals surface area contributed by atoms with Crippen LogP contribution in [0.3, 0.4) is 0 Å². The second-order valence-corrected chi connectivity index (χ2v) is 8.37. The Bertz CT molecular complexity index is 901. The van der Waals surface area contributed by atoms with Crippen molar-refractivity contribution in [2.75, 3.05) is 26.9 Å². The fourth-order valence-corrected chi connectivity index (χ4v) is 5.17. The fraction of sp³-hybridized carbons (Fsp3) is 0.520. The van der Waals surface area contributed by atoms with Gasteiger partial charge in [-0.1, -0.05) is 6.07 Å². The standard InChI is InChI=1S/C25H31NO5/c1-3-31-22-15-16(11-12-19(22)27)23-24-17(7-4-9-20(24)28)26(13-6-14-30-2)18-8-5-10-21(29)25(18)23/h11-12,15,23,27H,3-10,13-14H2,1-2H3. The van der Waals surface area contributed by atoms with E-state index in [0.717, 1.165) is 66.8 Å². The number of allylic oxidation sites excluding steroid dienone is 4. The van der Waals surface area contributed by atoms with Crippen molar-refractivity contribution in [3.8, 4) is 11.5 Å². The second-order valence-electron chi connectivity index (χ2n) is 8.37. The van der Waals surface area contributed by atoms with Gasteiger partial charge in [-0.2, -0.15) is 0 Å². The van der Waals surface area contributed by atoms with Gasteiger partial charge in [-0.25, -0.2) is 0 Å². The van der Waals surface area contributed by atoms with Gasteiger partial charge in [-0.3, -0.25) is 9.59 Å². The minimum Gasteiger partial charge on any atom is -0.504 e. The zero-order valence-corrected chi connectivity index (χ0v) is 18.4. The summed E-state index contributed by atoms with van der Waals surface area (Å²) in [5, 5.41) is 10.2. The Hall–Kier alpha value is -2.60. The van der Waals surface area contributed by atoms with Crippen LogP contribution in [-0.2, 0) is 14.3 Å². The van der Waals surface area contributed by atoms with Gasteiger partial charge in [0.2, 0.25) is 0 Å². The Balaban J connectivity index is 1.87. The van der Waals surface area contributed by atoms with E-state index in [1.165, 1.54) is 0 Å². The van der Waals surface area contributed by atoms with Crippen molar-refractivity contribution in [2.45, 2.75) is 57.8 Å². The molecule has 0 spiro atoms. The van der Waals surface area contributed by atoms with E-state index in [9.17, 15) is 14.7 Å². The maximum atomic E-state index is 13.2. The Morgan fingerprint density at radius 2 is 1.68 bits per heavy atom. The summed E-state index contributed by atoms with van der Waals surface area (Å²) in [5.74, 6) is 0.316. The van der Waals surface area contributed by atoms with Gasteiger partial charge in [0.25, 0.3) is 0 Å². The minimum atomic E-state index is -0.385. The van der Waals surface area contributed by atoms with E-state index in [1.54, 1.807) is 19.2 Å². The molecule has 1 aromatic rings. The van der Waals surface area contributed by atoms with Crippen LogP contribution in [0.5, 0.6) is 11.5 Å². The van der Waals surface area contributed by atoms with Crippen LogP contribution in [0.4, 0.5) is 0 Å². The Morgan fingerprint density at radius 3 is 2.26 bits per heavy atom. The van der Waals surface area contributed by atoms with Gasteiger partial charge in [0.1, 0.15) is 0 Å². The fourth-order valence-electron chi connectivity index (χ4n) is 5.17. The second kappa shape index (κ2) is 9.27. The molecule has 0 saturated heterocycles. The van der Waals surface area contributed by atoms with E-state index in [2.05, 4.69) is 4.90 Å². The molecule has 3 aliphatic rings. The van der Waals surface area contributed by atoms with Crippen LogP contribution >= 0.6 is 0 Å². The van der Waals surface area contributed by atoms with Crippen molar-refractivity contribution in [3.63, 3.8) is 0 Å². The number of aromatic hydroxyl groups is 1. The molecule has 31 heavy (non-hydrogen) atoms. The summed E-state index contributed by atoms with van der Waals surface area (Å²) in [4.78, 5) is 28.7. The molecule has 0 radical (unpaired) electrons. The predicted octanol–water partition coefficient (Wildman–Crippen LogP) is 4.24. The van der Waals surface area contributed by atoms with Gasteiger partial charge in [-0.15, -0.1) is 0 Å². The molecule has 0 aromatic heterocycles. The van der Waals surface area contributed by atoms with Crippen molar-refractivity contribution < 1.29 is 24.2 Å². The van der Waals surface area contributed by atoms with Crippen molar-refractivity contribution in [3.05, 3.63) is 46.3 Å². The summed E-state index contributed by atoms with van der Waals surface area (Å²) in [5.41, 5.74) is 4.48. The third-order valence-corrected chi connectivity index (χ3v) is 6.43. The van der Waals surface area contributed by atoms with Gasteiger partial charge in [-0.05, 0) is 56.7 Å². The summed E-state index contributed by atoms with van der Waals surface area (Å²) in [6, 6.07) is 5.22. The lowest BCUT2D eigenvalue weighted by Crippen LogP contribution is -2.39. The number of hydrogen-bond donors (Lipinski definition) is 1. The van der Waals surface area contributed by atoms with Crippen molar-refractivity contribution in [1.29, 1.82) is 0 Å². The van der Waals surface area contributed by atoms with Crippen molar-refractivity contribution in [1.82, 2.24) is 4.90 Å². The maximum absolute atomic E-state index is 13.2. The van der Waals surface area contributed by atoms with Crippen LogP contribution in [0.25, 0.3) is 0 Å². The molecule has 6 heteroatoms. The van der Waals surface area contributed by atoms with E-state index in [0.29, 0.717) is 31.8 Å². The zero-order chi connectivity index (χ0) is 22.0. The average molecular weight is 426 g/mol. The molecule has 0 bridgehead atoms. The van der Waals surface area contributed by atoms with Gasteiger partial charge in [0.05, 0.1) is 6.61 Å². The summed E-state index contributed by atoms with van der Waals surface area (Å²) in [6.45, 7) is 3.68. The number of phenols is 1. The Morgan fingerprint density at radius 1 is 1.03 bits per heavy atom. The third kappa shape index (κ3) is 4.01. The molecule has 1 heterocycles. The molecule has 0 unspecified atom stereocenters. The molecule has 0 atom stereocenters. The van der Waals surface area contributed by atoms with Gasteiger partial charge >= 0.3 is 0 Å². The number of benzene rings is 1. The normalized spacial score (nSPS) is 19.6. The number of hydrogen-bond acceptors (Lipinski definition) is 6. The van der Waals surface area contributed by atoms with Crippen LogP contribution < -0.4 is 4.74 Å². The smallest absolute Gasteiger partial charge is 0.161 e. The van der Waals surface area contributed by atoms with Gasteiger partial charge in [0.15, 0.2) is 23.1 Å². The van der Waals surface area contributed by atoms with Crippen LogP contribution in [0.2, 0.25) is 0 Å². The topological polar surface area (TPSA) is 76.1 Å². The summed E-state index contributed by atoms with van der Waals surface area (Å²) in [7, 11) is 1.69. The first-order valence-electron chi connectivity index (χ1n) is 11.3. The average Bonchev–Trinajstić information content (AvgIpc) is 2.76. The molecule has 4 rings (SSSR count). The maximum Gasteiger partial charge on any atom is 0.161 e. The zero-order valence-electron chi connectivity index (χ0n) is 18.4.